The van der Waals surface area contributed by atoms with E-state index in [9.17, 15) is 9.59 Å². The molecule has 0 aromatic heterocycles. The van der Waals surface area contributed by atoms with Crippen LogP contribution in [0.3, 0.4) is 0 Å². The molecule has 0 amide bonds. The average molecular weight is 358 g/mol. The van der Waals surface area contributed by atoms with Gasteiger partial charge in [-0.3, -0.25) is 9.59 Å². The molecule has 0 saturated carbocycles. The maximum atomic E-state index is 12.4. The van der Waals surface area contributed by atoms with Crippen molar-refractivity contribution in [1.82, 2.24) is 0 Å². The van der Waals surface area contributed by atoms with Gasteiger partial charge in [0, 0.05) is 37.5 Å². The zero-order chi connectivity index (χ0) is 18.4. The van der Waals surface area contributed by atoms with Crippen LogP contribution < -0.4 is 4.90 Å². The lowest BCUT2D eigenvalue weighted by atomic mass is 9.96. The number of allylic oxidation sites excluding steroid dienone is 1. The van der Waals surface area contributed by atoms with Crippen molar-refractivity contribution in [1.29, 1.82) is 0 Å². The summed E-state index contributed by atoms with van der Waals surface area (Å²) in [6.45, 7) is 1.45. The third-order valence-corrected chi connectivity index (χ3v) is 4.45. The number of alkyl halides is 1. The molecule has 0 aliphatic heterocycles. The number of anilines is 1. The lowest BCUT2D eigenvalue weighted by molar-refractivity contribution is -0.120. The number of halogens is 1. The van der Waals surface area contributed by atoms with E-state index in [-0.39, 0.29) is 17.1 Å². The summed E-state index contributed by atoms with van der Waals surface area (Å²) in [7, 11) is 4.00. The Labute approximate surface area is 154 Å². The summed E-state index contributed by atoms with van der Waals surface area (Å²) in [5, 5.41) is 2.12. The molecule has 0 bridgehead atoms. The van der Waals surface area contributed by atoms with E-state index in [0.29, 0.717) is 18.7 Å². The van der Waals surface area contributed by atoms with Crippen LogP contribution in [0.4, 0.5) is 5.69 Å². The van der Waals surface area contributed by atoms with Crippen molar-refractivity contribution in [3.05, 3.63) is 47.5 Å². The molecule has 0 fully saturated rings. The smallest absolute Gasteiger partial charge is 0.166 e. The molecule has 2 aromatic rings. The Kier molecular flexibility index (Phi) is 6.77. The van der Waals surface area contributed by atoms with Crippen molar-refractivity contribution < 1.29 is 9.59 Å². The summed E-state index contributed by atoms with van der Waals surface area (Å²) >= 11 is 5.67. The van der Waals surface area contributed by atoms with Crippen LogP contribution in [0.25, 0.3) is 16.8 Å². The third kappa shape index (κ3) is 4.70. The molecular weight excluding hydrogens is 334 g/mol. The summed E-state index contributed by atoms with van der Waals surface area (Å²) in [5.74, 6) is 0.221. The SMILES string of the molecule is CC(=O)/C(=C\c1ccc(N(C)C)c2ccccc12)C(=O)CCCCCl. The zero-order valence-corrected chi connectivity index (χ0v) is 15.8. The average Bonchev–Trinajstić information content (AvgIpc) is 2.59. The Morgan fingerprint density at radius 3 is 2.32 bits per heavy atom. The second-order valence-corrected chi connectivity index (χ2v) is 6.68. The van der Waals surface area contributed by atoms with E-state index in [1.165, 1.54) is 6.92 Å². The van der Waals surface area contributed by atoms with Gasteiger partial charge in [0.15, 0.2) is 11.6 Å². The Hall–Kier alpha value is -2.13. The van der Waals surface area contributed by atoms with Crippen LogP contribution in [-0.2, 0) is 9.59 Å². The summed E-state index contributed by atoms with van der Waals surface area (Å²) in [6, 6.07) is 12.0. The molecule has 3 nitrogen and oxygen atoms in total. The Bertz CT molecular complexity index is 809. The van der Waals surface area contributed by atoms with Crippen LogP contribution in [0.2, 0.25) is 0 Å². The fraction of sp³-hybridized carbons (Fsp3) is 0.333. The maximum absolute atomic E-state index is 12.4. The number of ketones is 2. The van der Waals surface area contributed by atoms with Gasteiger partial charge >= 0.3 is 0 Å². The number of hydrogen-bond donors (Lipinski definition) is 0. The normalized spacial score (nSPS) is 11.6. The second-order valence-electron chi connectivity index (χ2n) is 6.30. The minimum Gasteiger partial charge on any atom is -0.377 e. The number of Topliss-reactive ketones (excluding diaryl/α,β-unsaturated/α-hetero) is 2. The minimum absolute atomic E-state index is 0.113. The molecule has 25 heavy (non-hydrogen) atoms. The molecule has 0 atom stereocenters. The molecule has 132 valence electrons. The van der Waals surface area contributed by atoms with Crippen LogP contribution in [-0.4, -0.2) is 31.5 Å². The van der Waals surface area contributed by atoms with Gasteiger partial charge in [-0.2, -0.15) is 0 Å². The number of unbranched alkanes of at least 4 members (excludes halogenated alkanes) is 1. The first-order valence-electron chi connectivity index (χ1n) is 8.46. The molecule has 2 rings (SSSR count). The fourth-order valence-electron chi connectivity index (χ4n) is 2.87. The highest BCUT2D eigenvalue weighted by Gasteiger charge is 2.15. The highest BCUT2D eigenvalue weighted by molar-refractivity contribution is 6.23. The summed E-state index contributed by atoms with van der Waals surface area (Å²) in [6.07, 6.45) is 3.56. The van der Waals surface area contributed by atoms with Gasteiger partial charge in [0.2, 0.25) is 0 Å². The Balaban J connectivity index is 2.48. The molecule has 0 radical (unpaired) electrons. The van der Waals surface area contributed by atoms with Gasteiger partial charge in [-0.15, -0.1) is 11.6 Å². The van der Waals surface area contributed by atoms with Crippen molar-refractivity contribution in [2.45, 2.75) is 26.2 Å². The van der Waals surface area contributed by atoms with Crippen LogP contribution >= 0.6 is 11.6 Å². The molecule has 0 aliphatic rings. The second kappa shape index (κ2) is 8.82. The van der Waals surface area contributed by atoms with E-state index in [2.05, 4.69) is 11.0 Å². The van der Waals surface area contributed by atoms with Crippen molar-refractivity contribution >= 4 is 45.7 Å². The molecular formula is C21H24ClNO2. The first-order chi connectivity index (χ1) is 12.0. The lowest BCUT2D eigenvalue weighted by Crippen LogP contribution is -2.11. The predicted molar refractivity (Wildman–Crippen MR) is 107 cm³/mol. The highest BCUT2D eigenvalue weighted by atomic mass is 35.5. The number of hydrogen-bond acceptors (Lipinski definition) is 3. The molecule has 0 N–H and O–H groups in total. The number of carbonyl (C=O) groups is 2. The summed E-state index contributed by atoms with van der Waals surface area (Å²) < 4.78 is 0. The first kappa shape index (κ1) is 19.2. The van der Waals surface area contributed by atoms with E-state index in [4.69, 9.17) is 11.6 Å². The van der Waals surface area contributed by atoms with Gasteiger partial charge in [0.1, 0.15) is 0 Å². The quantitative estimate of drug-likeness (QED) is 0.223. The van der Waals surface area contributed by atoms with Crippen molar-refractivity contribution in [2.75, 3.05) is 24.9 Å². The van der Waals surface area contributed by atoms with Crippen LogP contribution in [0.5, 0.6) is 0 Å². The number of benzene rings is 2. The van der Waals surface area contributed by atoms with Crippen molar-refractivity contribution in [2.24, 2.45) is 0 Å². The van der Waals surface area contributed by atoms with Gasteiger partial charge in [-0.05, 0) is 42.9 Å². The maximum Gasteiger partial charge on any atom is 0.166 e. The topological polar surface area (TPSA) is 37.4 Å². The Morgan fingerprint density at radius 2 is 1.72 bits per heavy atom. The van der Waals surface area contributed by atoms with E-state index in [1.54, 1.807) is 6.08 Å². The van der Waals surface area contributed by atoms with E-state index in [0.717, 1.165) is 28.4 Å². The fourth-order valence-corrected chi connectivity index (χ4v) is 3.06. The number of carbonyl (C=O) groups excluding carboxylic acids is 2. The van der Waals surface area contributed by atoms with E-state index in [1.807, 2.05) is 44.4 Å². The zero-order valence-electron chi connectivity index (χ0n) is 15.0. The summed E-state index contributed by atoms with van der Waals surface area (Å²) in [4.78, 5) is 26.5. The molecule has 4 heteroatoms. The van der Waals surface area contributed by atoms with E-state index < -0.39 is 0 Å². The van der Waals surface area contributed by atoms with Crippen LogP contribution in [0, 0.1) is 0 Å². The monoisotopic (exact) mass is 357 g/mol. The van der Waals surface area contributed by atoms with Gasteiger partial charge < -0.3 is 4.90 Å². The molecule has 0 aliphatic carbocycles. The standard InChI is InChI=1S/C21H24ClNO2/c1-15(24)19(21(25)10-6-7-13-22)14-16-11-12-20(23(2)3)18-9-5-4-8-17(16)18/h4-5,8-9,11-12,14H,6-7,10,13H2,1-3H3/b19-14+. The number of rotatable bonds is 8. The largest absolute Gasteiger partial charge is 0.377 e. The van der Waals surface area contributed by atoms with Gasteiger partial charge in [0.25, 0.3) is 0 Å². The third-order valence-electron chi connectivity index (χ3n) is 4.18. The summed E-state index contributed by atoms with van der Waals surface area (Å²) in [5.41, 5.74) is 2.25. The molecule has 0 saturated heterocycles. The number of fused-ring (bicyclic) bond motifs is 1. The van der Waals surface area contributed by atoms with E-state index >= 15 is 0 Å². The molecule has 0 spiro atoms. The van der Waals surface area contributed by atoms with Gasteiger partial charge in [0.05, 0.1) is 5.57 Å². The van der Waals surface area contributed by atoms with Crippen molar-refractivity contribution in [3.63, 3.8) is 0 Å². The predicted octanol–water partition coefficient (Wildman–Crippen LogP) is 4.86. The highest BCUT2D eigenvalue weighted by Crippen LogP contribution is 2.30. The first-order valence-corrected chi connectivity index (χ1v) is 9.00. The van der Waals surface area contributed by atoms with Crippen molar-refractivity contribution in [3.8, 4) is 0 Å². The van der Waals surface area contributed by atoms with Crippen LogP contribution in [0.15, 0.2) is 42.0 Å². The van der Waals surface area contributed by atoms with Crippen LogP contribution in [0.1, 0.15) is 31.7 Å². The molecule has 0 unspecified atom stereocenters. The Morgan fingerprint density at radius 1 is 1.04 bits per heavy atom. The van der Waals surface area contributed by atoms with Gasteiger partial charge in [-0.1, -0.05) is 30.3 Å². The lowest BCUT2D eigenvalue weighted by Gasteiger charge is -2.17. The van der Waals surface area contributed by atoms with Gasteiger partial charge in [-0.25, -0.2) is 0 Å². The number of nitrogens with zero attached hydrogens (tertiary/aromatic N) is 1. The molecule has 2 aromatic carbocycles. The molecule has 0 heterocycles. The minimum atomic E-state index is -0.198.